The lowest BCUT2D eigenvalue weighted by atomic mass is 10.2. The first-order chi connectivity index (χ1) is 8.95. The summed E-state index contributed by atoms with van der Waals surface area (Å²) in [6.45, 7) is 3.66. The molecule has 0 spiro atoms. The molecule has 1 aromatic carbocycles. The number of carbonyl (C=O) groups is 1. The van der Waals surface area contributed by atoms with Crippen LogP contribution in [0.25, 0.3) is 5.69 Å². The molecule has 0 aliphatic rings. The van der Waals surface area contributed by atoms with E-state index in [0.29, 0.717) is 11.3 Å². The number of nitrogens with zero attached hydrogens (tertiary/aromatic N) is 1. The maximum Gasteiger partial charge on any atom is 0.339 e. The Kier molecular flexibility index (Phi) is 3.62. The molecule has 0 radical (unpaired) electrons. The van der Waals surface area contributed by atoms with Gasteiger partial charge in [0, 0.05) is 17.1 Å². The number of aromatic nitrogens is 1. The highest BCUT2D eigenvalue weighted by atomic mass is 35.5. The van der Waals surface area contributed by atoms with E-state index in [-0.39, 0.29) is 5.02 Å². The van der Waals surface area contributed by atoms with Gasteiger partial charge in [0.05, 0.1) is 17.7 Å². The Balaban J connectivity index is 2.59. The number of hydrogen-bond acceptors (Lipinski definition) is 2. The van der Waals surface area contributed by atoms with Gasteiger partial charge in [0.25, 0.3) is 0 Å². The van der Waals surface area contributed by atoms with Crippen LogP contribution in [0.15, 0.2) is 24.3 Å². The van der Waals surface area contributed by atoms with Crippen LogP contribution in [0.3, 0.4) is 0 Å². The zero-order chi connectivity index (χ0) is 14.2. The van der Waals surface area contributed by atoms with Gasteiger partial charge in [-0.05, 0) is 38.1 Å². The summed E-state index contributed by atoms with van der Waals surface area (Å²) in [5.74, 6) is -0.867. The molecule has 0 aliphatic heterocycles. The Hall–Kier alpha value is -1.81. The molecule has 2 aromatic rings. The number of carbonyl (C=O) groups excluding carboxylic acids is 1. The Labute approximate surface area is 115 Å². The fourth-order valence-electron chi connectivity index (χ4n) is 2.10. The summed E-state index contributed by atoms with van der Waals surface area (Å²) >= 11 is 5.79. The summed E-state index contributed by atoms with van der Waals surface area (Å²) < 4.78 is 19.7. The lowest BCUT2D eigenvalue weighted by Crippen LogP contribution is -2.04. The van der Waals surface area contributed by atoms with Gasteiger partial charge >= 0.3 is 5.97 Å². The Morgan fingerprint density at radius 3 is 2.58 bits per heavy atom. The van der Waals surface area contributed by atoms with E-state index in [0.717, 1.165) is 11.4 Å². The number of methoxy groups -OCH3 is 1. The maximum absolute atomic E-state index is 13.2. The molecule has 0 N–H and O–H groups in total. The van der Waals surface area contributed by atoms with Crippen molar-refractivity contribution in [1.82, 2.24) is 4.57 Å². The largest absolute Gasteiger partial charge is 0.465 e. The molecule has 1 heterocycles. The van der Waals surface area contributed by atoms with Crippen LogP contribution in [-0.4, -0.2) is 17.6 Å². The molecule has 5 heteroatoms. The van der Waals surface area contributed by atoms with Crippen molar-refractivity contribution in [3.8, 4) is 5.69 Å². The first kappa shape index (κ1) is 13.6. The number of benzene rings is 1. The lowest BCUT2D eigenvalue weighted by Gasteiger charge is -2.10. The maximum atomic E-state index is 13.2. The van der Waals surface area contributed by atoms with E-state index < -0.39 is 11.8 Å². The van der Waals surface area contributed by atoms with Crippen LogP contribution in [0.4, 0.5) is 4.39 Å². The zero-order valence-corrected chi connectivity index (χ0v) is 11.6. The molecule has 3 nitrogen and oxygen atoms in total. The summed E-state index contributed by atoms with van der Waals surface area (Å²) in [6, 6.07) is 6.17. The fraction of sp³-hybridized carbons (Fsp3) is 0.214. The molecule has 0 amide bonds. The average molecular weight is 282 g/mol. The van der Waals surface area contributed by atoms with E-state index in [1.165, 1.54) is 19.2 Å². The van der Waals surface area contributed by atoms with E-state index >= 15 is 0 Å². The molecule has 0 bridgehead atoms. The summed E-state index contributed by atoms with van der Waals surface area (Å²) in [5.41, 5.74) is 2.77. The van der Waals surface area contributed by atoms with Gasteiger partial charge < -0.3 is 9.30 Å². The molecule has 0 unspecified atom stereocenters. The number of rotatable bonds is 2. The predicted octanol–water partition coefficient (Wildman–Crippen LogP) is 3.67. The highest BCUT2D eigenvalue weighted by Gasteiger charge is 2.17. The number of hydrogen-bond donors (Lipinski definition) is 0. The second kappa shape index (κ2) is 5.05. The summed E-state index contributed by atoms with van der Waals surface area (Å²) in [5, 5.41) is 0.0459. The third kappa shape index (κ3) is 2.36. The SMILES string of the molecule is COC(=O)c1cc(C)n(-c2ccc(F)c(Cl)c2)c1C. The van der Waals surface area contributed by atoms with Crippen molar-refractivity contribution in [3.05, 3.63) is 52.1 Å². The predicted molar refractivity (Wildman–Crippen MR) is 71.6 cm³/mol. The van der Waals surface area contributed by atoms with Crippen molar-refractivity contribution in [1.29, 1.82) is 0 Å². The Morgan fingerprint density at radius 1 is 1.32 bits per heavy atom. The van der Waals surface area contributed by atoms with Crippen LogP contribution in [0.5, 0.6) is 0 Å². The van der Waals surface area contributed by atoms with Crippen molar-refractivity contribution in [3.63, 3.8) is 0 Å². The van der Waals surface area contributed by atoms with Gasteiger partial charge in [-0.25, -0.2) is 9.18 Å². The third-order valence-corrected chi connectivity index (χ3v) is 3.29. The second-order valence-corrected chi connectivity index (χ2v) is 4.62. The van der Waals surface area contributed by atoms with E-state index in [9.17, 15) is 9.18 Å². The van der Waals surface area contributed by atoms with E-state index in [1.807, 2.05) is 11.5 Å². The highest BCUT2D eigenvalue weighted by molar-refractivity contribution is 6.30. The van der Waals surface area contributed by atoms with Crippen LogP contribution in [0.2, 0.25) is 5.02 Å². The summed E-state index contributed by atoms with van der Waals surface area (Å²) in [6.07, 6.45) is 0. The van der Waals surface area contributed by atoms with Crippen molar-refractivity contribution in [2.24, 2.45) is 0 Å². The smallest absolute Gasteiger partial charge is 0.339 e. The van der Waals surface area contributed by atoms with Crippen LogP contribution >= 0.6 is 11.6 Å². The molecular formula is C14H13ClFNO2. The van der Waals surface area contributed by atoms with Crippen LogP contribution < -0.4 is 0 Å². The van der Waals surface area contributed by atoms with Crippen molar-refractivity contribution >= 4 is 17.6 Å². The molecule has 0 aliphatic carbocycles. The van der Waals surface area contributed by atoms with Crippen LogP contribution in [0, 0.1) is 19.7 Å². The number of halogens is 2. The van der Waals surface area contributed by atoms with Gasteiger partial charge in [0.15, 0.2) is 0 Å². The molecule has 0 saturated heterocycles. The lowest BCUT2D eigenvalue weighted by molar-refractivity contribution is 0.0600. The Bertz CT molecular complexity index is 649. The molecule has 1 aromatic heterocycles. The first-order valence-electron chi connectivity index (χ1n) is 5.68. The van der Waals surface area contributed by atoms with Gasteiger partial charge in [-0.2, -0.15) is 0 Å². The molecular weight excluding hydrogens is 269 g/mol. The van der Waals surface area contributed by atoms with Gasteiger partial charge in [-0.1, -0.05) is 11.6 Å². The minimum absolute atomic E-state index is 0.0459. The van der Waals surface area contributed by atoms with Crippen molar-refractivity contribution < 1.29 is 13.9 Å². The monoisotopic (exact) mass is 281 g/mol. The molecule has 0 fully saturated rings. The molecule has 2 rings (SSSR count). The van der Waals surface area contributed by atoms with Gasteiger partial charge in [-0.3, -0.25) is 0 Å². The van der Waals surface area contributed by atoms with E-state index in [1.54, 1.807) is 19.1 Å². The average Bonchev–Trinajstić information content (AvgIpc) is 2.68. The summed E-state index contributed by atoms with van der Waals surface area (Å²) in [7, 11) is 1.34. The molecule has 19 heavy (non-hydrogen) atoms. The second-order valence-electron chi connectivity index (χ2n) is 4.21. The van der Waals surface area contributed by atoms with Gasteiger partial charge in [0.1, 0.15) is 5.82 Å². The van der Waals surface area contributed by atoms with Gasteiger partial charge in [-0.15, -0.1) is 0 Å². The zero-order valence-electron chi connectivity index (χ0n) is 10.8. The van der Waals surface area contributed by atoms with Crippen LogP contribution in [0.1, 0.15) is 21.7 Å². The highest BCUT2D eigenvalue weighted by Crippen LogP contribution is 2.24. The number of esters is 1. The number of aryl methyl sites for hydroxylation is 1. The van der Waals surface area contributed by atoms with E-state index in [4.69, 9.17) is 16.3 Å². The molecule has 0 atom stereocenters. The number of ether oxygens (including phenoxy) is 1. The van der Waals surface area contributed by atoms with Crippen molar-refractivity contribution in [2.75, 3.05) is 7.11 Å². The van der Waals surface area contributed by atoms with Crippen molar-refractivity contribution in [2.45, 2.75) is 13.8 Å². The minimum atomic E-state index is -0.471. The first-order valence-corrected chi connectivity index (χ1v) is 6.06. The normalized spacial score (nSPS) is 10.6. The summed E-state index contributed by atoms with van der Waals surface area (Å²) in [4.78, 5) is 11.6. The van der Waals surface area contributed by atoms with E-state index in [2.05, 4.69) is 0 Å². The van der Waals surface area contributed by atoms with Crippen LogP contribution in [-0.2, 0) is 4.74 Å². The minimum Gasteiger partial charge on any atom is -0.465 e. The fourth-order valence-corrected chi connectivity index (χ4v) is 2.28. The third-order valence-electron chi connectivity index (χ3n) is 3.00. The topological polar surface area (TPSA) is 31.2 Å². The molecule has 100 valence electrons. The quantitative estimate of drug-likeness (QED) is 0.787. The van der Waals surface area contributed by atoms with Gasteiger partial charge in [0.2, 0.25) is 0 Å². The standard InChI is InChI=1S/C14H13ClFNO2/c1-8-6-11(14(18)19-3)9(2)17(8)10-4-5-13(16)12(15)7-10/h4-7H,1-3H3. The Morgan fingerprint density at radius 2 is 2.00 bits per heavy atom. The molecule has 0 saturated carbocycles.